The fraction of sp³-hybridized carbons (Fsp3) is 0.593. The molecule has 2 rings (SSSR count). The summed E-state index contributed by atoms with van der Waals surface area (Å²) in [7, 11) is 0. The molecule has 1 amide bonds. The Hall–Kier alpha value is -2.96. The van der Waals surface area contributed by atoms with Gasteiger partial charge in [0.25, 0.3) is 5.09 Å². The van der Waals surface area contributed by atoms with Gasteiger partial charge in [-0.3, -0.25) is 4.79 Å². The number of carbonyl (C=O) groups excluding carboxylic acids is 1. The SMILES string of the molecule is CC(CNC(=O)CCC/C=C\C[C@@H]1[C@@H](/C=C/[C@@H](O)CCc2cccc(C(F)(F)F)c2)[C@H](O)C[C@@H]1O)O[N+](=O)[O-]. The van der Waals surface area contributed by atoms with Crippen molar-refractivity contribution < 1.29 is 43.2 Å². The Balaban J connectivity index is 1.76. The first kappa shape index (κ1) is 32.3. The third-order valence-corrected chi connectivity index (χ3v) is 6.66. The van der Waals surface area contributed by atoms with Crippen molar-refractivity contribution in [2.24, 2.45) is 11.8 Å². The lowest BCUT2D eigenvalue weighted by Crippen LogP contribution is -2.32. The number of carbonyl (C=O) groups is 1. The number of alkyl halides is 3. The van der Waals surface area contributed by atoms with E-state index in [1.165, 1.54) is 19.1 Å². The Labute approximate surface area is 225 Å². The van der Waals surface area contributed by atoms with E-state index in [1.54, 1.807) is 12.1 Å². The lowest BCUT2D eigenvalue weighted by atomic mass is 9.89. The predicted octanol–water partition coefficient (Wildman–Crippen LogP) is 3.74. The van der Waals surface area contributed by atoms with Gasteiger partial charge in [-0.25, -0.2) is 0 Å². The minimum absolute atomic E-state index is 0.0341. The van der Waals surface area contributed by atoms with E-state index in [0.717, 1.165) is 12.1 Å². The van der Waals surface area contributed by atoms with E-state index in [2.05, 4.69) is 10.2 Å². The molecule has 0 radical (unpaired) electrons. The van der Waals surface area contributed by atoms with Gasteiger partial charge in [-0.2, -0.15) is 13.2 Å². The number of aryl methyl sites for hydroxylation is 1. The molecular weight excluding hydrogens is 521 g/mol. The Kier molecular flexibility index (Phi) is 12.9. The highest BCUT2D eigenvalue weighted by molar-refractivity contribution is 5.75. The molecule has 1 aromatic carbocycles. The van der Waals surface area contributed by atoms with Crippen molar-refractivity contribution in [3.63, 3.8) is 0 Å². The van der Waals surface area contributed by atoms with Crippen LogP contribution in [0.2, 0.25) is 0 Å². The lowest BCUT2D eigenvalue weighted by Gasteiger charge is -2.19. The van der Waals surface area contributed by atoms with Gasteiger partial charge in [0, 0.05) is 25.3 Å². The Morgan fingerprint density at radius 1 is 1.28 bits per heavy atom. The highest BCUT2D eigenvalue weighted by atomic mass is 19.4. The molecule has 218 valence electrons. The van der Waals surface area contributed by atoms with E-state index in [1.807, 2.05) is 12.2 Å². The number of rotatable bonds is 15. The van der Waals surface area contributed by atoms with Crippen LogP contribution in [0.1, 0.15) is 56.6 Å². The number of aliphatic hydroxyl groups excluding tert-OH is 3. The number of unbranched alkanes of at least 4 members (excludes halogenated alkanes) is 1. The summed E-state index contributed by atoms with van der Waals surface area (Å²) in [5, 5.41) is 43.0. The van der Waals surface area contributed by atoms with E-state index < -0.39 is 41.2 Å². The number of aliphatic hydroxyl groups is 3. The molecule has 1 aliphatic rings. The number of amides is 1. The minimum Gasteiger partial charge on any atom is -0.393 e. The summed E-state index contributed by atoms with van der Waals surface area (Å²) < 4.78 is 38.7. The van der Waals surface area contributed by atoms with Gasteiger partial charge in [0.05, 0.1) is 23.9 Å². The molecule has 0 aromatic heterocycles. The van der Waals surface area contributed by atoms with Crippen LogP contribution in [0.4, 0.5) is 13.2 Å². The van der Waals surface area contributed by atoms with Crippen LogP contribution >= 0.6 is 0 Å². The monoisotopic (exact) mass is 558 g/mol. The van der Waals surface area contributed by atoms with Gasteiger partial charge in [0.15, 0.2) is 0 Å². The number of allylic oxidation sites excluding steroid dienone is 2. The Morgan fingerprint density at radius 3 is 2.72 bits per heavy atom. The minimum atomic E-state index is -4.43. The highest BCUT2D eigenvalue weighted by Gasteiger charge is 2.39. The average molecular weight is 559 g/mol. The third kappa shape index (κ3) is 11.8. The standard InChI is InChI=1S/C27H37F3N2O7/c1-18(39-32(37)38)17-31-26(36)10-5-3-2-4-9-22-23(25(35)16-24(22)34)14-13-21(33)12-11-19-7-6-8-20(15-19)27(28,29)30/h2,4,6-8,13-15,18,21-25,33-35H,3,5,9-12,16-17H2,1H3,(H,31,36)/b4-2-,14-13+/t18?,21-,22+,23+,24-,25+/m0/s1. The summed E-state index contributed by atoms with van der Waals surface area (Å²) in [6.45, 7) is 1.51. The topological polar surface area (TPSA) is 142 Å². The molecule has 9 nitrogen and oxygen atoms in total. The number of benzene rings is 1. The van der Waals surface area contributed by atoms with Gasteiger partial charge in [-0.15, -0.1) is 10.1 Å². The summed E-state index contributed by atoms with van der Waals surface area (Å²) >= 11 is 0. The molecule has 1 unspecified atom stereocenters. The zero-order chi connectivity index (χ0) is 29.0. The van der Waals surface area contributed by atoms with Crippen molar-refractivity contribution in [3.05, 3.63) is 69.8 Å². The third-order valence-electron chi connectivity index (χ3n) is 6.66. The summed E-state index contributed by atoms with van der Waals surface area (Å²) in [6.07, 6.45) is 1.91. The van der Waals surface area contributed by atoms with E-state index in [9.17, 15) is 43.4 Å². The molecule has 0 bridgehead atoms. The second kappa shape index (κ2) is 15.6. The van der Waals surface area contributed by atoms with Crippen LogP contribution < -0.4 is 5.32 Å². The van der Waals surface area contributed by atoms with E-state index >= 15 is 0 Å². The average Bonchev–Trinajstić information content (AvgIpc) is 3.13. The fourth-order valence-corrected chi connectivity index (χ4v) is 4.56. The quantitative estimate of drug-likeness (QED) is 0.111. The Bertz CT molecular complexity index is 986. The van der Waals surface area contributed by atoms with Gasteiger partial charge in [0.1, 0.15) is 6.10 Å². The molecule has 1 fully saturated rings. The van der Waals surface area contributed by atoms with Gasteiger partial charge in [-0.05, 0) is 56.6 Å². The van der Waals surface area contributed by atoms with Crippen LogP contribution in [0.25, 0.3) is 0 Å². The summed E-state index contributed by atoms with van der Waals surface area (Å²) in [4.78, 5) is 26.4. The highest BCUT2D eigenvalue weighted by Crippen LogP contribution is 2.36. The number of hydrogen-bond acceptors (Lipinski definition) is 7. The van der Waals surface area contributed by atoms with E-state index in [0.29, 0.717) is 24.8 Å². The first-order valence-corrected chi connectivity index (χ1v) is 13.0. The van der Waals surface area contributed by atoms with Crippen molar-refractivity contribution in [2.45, 2.75) is 82.5 Å². The summed E-state index contributed by atoms with van der Waals surface area (Å²) in [5.41, 5.74) is -0.269. The van der Waals surface area contributed by atoms with Crippen LogP contribution in [-0.2, 0) is 22.2 Å². The van der Waals surface area contributed by atoms with Crippen molar-refractivity contribution in [1.29, 1.82) is 0 Å². The number of nitrogens with zero attached hydrogens (tertiary/aromatic N) is 1. The number of hydrogen-bond donors (Lipinski definition) is 4. The molecule has 4 N–H and O–H groups in total. The normalized spacial score (nSPS) is 23.3. The van der Waals surface area contributed by atoms with Crippen LogP contribution in [0.3, 0.4) is 0 Å². The molecule has 0 spiro atoms. The van der Waals surface area contributed by atoms with Crippen molar-refractivity contribution in [2.75, 3.05) is 6.54 Å². The van der Waals surface area contributed by atoms with Gasteiger partial charge in [-0.1, -0.05) is 42.5 Å². The van der Waals surface area contributed by atoms with Crippen LogP contribution in [-0.4, -0.2) is 57.3 Å². The molecular formula is C27H37F3N2O7. The molecule has 1 saturated carbocycles. The fourth-order valence-electron chi connectivity index (χ4n) is 4.56. The van der Waals surface area contributed by atoms with Crippen LogP contribution in [0.5, 0.6) is 0 Å². The maximum atomic E-state index is 12.9. The molecule has 1 aliphatic carbocycles. The maximum absolute atomic E-state index is 12.9. The lowest BCUT2D eigenvalue weighted by molar-refractivity contribution is -0.767. The molecule has 0 aliphatic heterocycles. The molecule has 39 heavy (non-hydrogen) atoms. The molecule has 1 aromatic rings. The number of nitrogens with one attached hydrogen (secondary N) is 1. The maximum Gasteiger partial charge on any atom is 0.416 e. The zero-order valence-corrected chi connectivity index (χ0v) is 21.8. The molecule has 0 saturated heterocycles. The van der Waals surface area contributed by atoms with Gasteiger partial charge >= 0.3 is 6.18 Å². The van der Waals surface area contributed by atoms with E-state index in [-0.39, 0.29) is 50.0 Å². The second-order valence-electron chi connectivity index (χ2n) is 9.84. The van der Waals surface area contributed by atoms with Gasteiger partial charge < -0.3 is 25.5 Å². The van der Waals surface area contributed by atoms with Crippen LogP contribution in [0.15, 0.2) is 48.6 Å². The van der Waals surface area contributed by atoms with Gasteiger partial charge in [0.2, 0.25) is 5.91 Å². The molecule has 6 atom stereocenters. The first-order chi connectivity index (χ1) is 18.4. The summed E-state index contributed by atoms with van der Waals surface area (Å²) in [5.74, 6) is -0.898. The zero-order valence-electron chi connectivity index (χ0n) is 21.8. The van der Waals surface area contributed by atoms with Crippen molar-refractivity contribution in [3.8, 4) is 0 Å². The first-order valence-electron chi connectivity index (χ1n) is 13.0. The van der Waals surface area contributed by atoms with Crippen LogP contribution in [0, 0.1) is 22.0 Å². The predicted molar refractivity (Wildman–Crippen MR) is 137 cm³/mol. The van der Waals surface area contributed by atoms with Crippen molar-refractivity contribution >= 4 is 5.91 Å². The van der Waals surface area contributed by atoms with Crippen molar-refractivity contribution in [1.82, 2.24) is 5.32 Å². The molecule has 0 heterocycles. The second-order valence-corrected chi connectivity index (χ2v) is 9.84. The smallest absolute Gasteiger partial charge is 0.393 e. The van der Waals surface area contributed by atoms with E-state index in [4.69, 9.17) is 0 Å². The molecule has 12 heteroatoms. The number of halogens is 3. The largest absolute Gasteiger partial charge is 0.416 e. The Morgan fingerprint density at radius 2 is 2.03 bits per heavy atom. The summed E-state index contributed by atoms with van der Waals surface area (Å²) in [6, 6.07) is 4.98.